The lowest BCUT2D eigenvalue weighted by Crippen LogP contribution is -2.06. The van der Waals surface area contributed by atoms with Gasteiger partial charge in [-0.1, -0.05) is 17.2 Å². The summed E-state index contributed by atoms with van der Waals surface area (Å²) >= 11 is 0. The van der Waals surface area contributed by atoms with Crippen LogP contribution in [0.5, 0.6) is 0 Å². The summed E-state index contributed by atoms with van der Waals surface area (Å²) < 4.78 is 0. The van der Waals surface area contributed by atoms with Crippen molar-refractivity contribution in [3.8, 4) is 0 Å². The molecule has 0 aliphatic rings. The maximum Gasteiger partial charge on any atom is 0.225 e. The lowest BCUT2D eigenvalue weighted by atomic mass is 10.1. The van der Waals surface area contributed by atoms with Gasteiger partial charge in [-0.25, -0.2) is 0 Å². The van der Waals surface area contributed by atoms with E-state index in [1.807, 2.05) is 33.8 Å². The fourth-order valence-corrected chi connectivity index (χ4v) is 1.25. The van der Waals surface area contributed by atoms with E-state index in [1.165, 1.54) is 0 Å². The molecule has 0 saturated heterocycles. The van der Waals surface area contributed by atoms with Crippen LogP contribution < -0.4 is 11.5 Å². The van der Waals surface area contributed by atoms with Crippen molar-refractivity contribution in [2.24, 2.45) is 0 Å². The summed E-state index contributed by atoms with van der Waals surface area (Å²) in [5, 5.41) is 0. The Balaban J connectivity index is 3.34. The van der Waals surface area contributed by atoms with Crippen molar-refractivity contribution in [2.75, 3.05) is 11.5 Å². The molecule has 1 rings (SSSR count). The van der Waals surface area contributed by atoms with Crippen LogP contribution in [0.15, 0.2) is 17.2 Å². The molecule has 0 aliphatic heterocycles. The molecule has 5 heteroatoms. The third-order valence-corrected chi connectivity index (χ3v) is 1.88. The average Bonchev–Trinajstić information content (AvgIpc) is 2.11. The van der Waals surface area contributed by atoms with Gasteiger partial charge in [0.15, 0.2) is 5.82 Å². The quantitative estimate of drug-likeness (QED) is 0.740. The molecule has 0 aliphatic carbocycles. The van der Waals surface area contributed by atoms with Crippen LogP contribution in [0.3, 0.4) is 0 Å². The normalized spacial score (nSPS) is 9.75. The molecule has 4 N–H and O–H groups in total. The van der Waals surface area contributed by atoms with Gasteiger partial charge in [0.2, 0.25) is 11.9 Å². The number of nitrogens with zero attached hydrogens (tertiary/aromatic N) is 3. The first-order valence-electron chi connectivity index (χ1n) is 5.00. The van der Waals surface area contributed by atoms with E-state index in [2.05, 4.69) is 15.0 Å². The third-order valence-electron chi connectivity index (χ3n) is 1.88. The summed E-state index contributed by atoms with van der Waals surface area (Å²) in [6, 6.07) is 0. The van der Waals surface area contributed by atoms with Gasteiger partial charge < -0.3 is 11.5 Å². The second-order valence-corrected chi connectivity index (χ2v) is 4.01. The van der Waals surface area contributed by atoms with Gasteiger partial charge in [0, 0.05) is 5.57 Å². The lowest BCUT2D eigenvalue weighted by Gasteiger charge is -2.06. The first-order valence-corrected chi connectivity index (χ1v) is 5.00. The summed E-state index contributed by atoms with van der Waals surface area (Å²) in [6.45, 7) is 8.00. The Labute approximate surface area is 95.3 Å². The predicted molar refractivity (Wildman–Crippen MR) is 66.4 cm³/mol. The fraction of sp³-hybridized carbons (Fsp3) is 0.364. The smallest absolute Gasteiger partial charge is 0.225 e. The van der Waals surface area contributed by atoms with Crippen molar-refractivity contribution < 1.29 is 0 Å². The molecule has 16 heavy (non-hydrogen) atoms. The van der Waals surface area contributed by atoms with Gasteiger partial charge in [0.05, 0.1) is 0 Å². The Bertz CT molecular complexity index is 431. The van der Waals surface area contributed by atoms with E-state index in [1.54, 1.807) is 0 Å². The van der Waals surface area contributed by atoms with Gasteiger partial charge >= 0.3 is 0 Å². The van der Waals surface area contributed by atoms with Crippen molar-refractivity contribution in [1.29, 1.82) is 0 Å². The monoisotopic (exact) mass is 219 g/mol. The van der Waals surface area contributed by atoms with Gasteiger partial charge in [0.1, 0.15) is 0 Å². The molecule has 0 spiro atoms. The van der Waals surface area contributed by atoms with E-state index >= 15 is 0 Å². The Kier molecular flexibility index (Phi) is 3.60. The molecule has 5 nitrogen and oxygen atoms in total. The number of rotatable bonds is 2. The standard InChI is InChI=1S/C11H17N5/c1-6(2)5-8(7(3)4)9-14-10(12)16-11(13)15-9/h5H,1-4H3,(H4,12,13,14,15,16). The van der Waals surface area contributed by atoms with Crippen LogP contribution in [0.1, 0.15) is 33.5 Å². The zero-order valence-electron chi connectivity index (χ0n) is 10.1. The Morgan fingerprint density at radius 1 is 0.938 bits per heavy atom. The summed E-state index contributed by atoms with van der Waals surface area (Å²) in [4.78, 5) is 11.9. The highest BCUT2D eigenvalue weighted by atomic mass is 15.1. The molecule has 0 aromatic carbocycles. The number of anilines is 2. The molecule has 0 atom stereocenters. The van der Waals surface area contributed by atoms with Gasteiger partial charge in [0.25, 0.3) is 0 Å². The van der Waals surface area contributed by atoms with E-state index in [0.29, 0.717) is 5.82 Å². The van der Waals surface area contributed by atoms with E-state index in [0.717, 1.165) is 16.7 Å². The van der Waals surface area contributed by atoms with Crippen LogP contribution >= 0.6 is 0 Å². The maximum absolute atomic E-state index is 5.54. The summed E-state index contributed by atoms with van der Waals surface area (Å²) in [5.74, 6) is 0.804. The van der Waals surface area contributed by atoms with E-state index in [9.17, 15) is 0 Å². The Morgan fingerprint density at radius 3 is 1.81 bits per heavy atom. The highest BCUT2D eigenvalue weighted by Crippen LogP contribution is 2.19. The molecule has 0 unspecified atom stereocenters. The summed E-state index contributed by atoms with van der Waals surface area (Å²) in [5.41, 5.74) is 14.3. The van der Waals surface area contributed by atoms with Crippen molar-refractivity contribution in [2.45, 2.75) is 27.7 Å². The average molecular weight is 219 g/mol. The van der Waals surface area contributed by atoms with Gasteiger partial charge in [-0.3, -0.25) is 0 Å². The van der Waals surface area contributed by atoms with Crippen LogP contribution in [0.25, 0.3) is 5.57 Å². The fourth-order valence-electron chi connectivity index (χ4n) is 1.25. The van der Waals surface area contributed by atoms with Crippen LogP contribution in [-0.4, -0.2) is 15.0 Å². The molecule has 0 fully saturated rings. The van der Waals surface area contributed by atoms with E-state index in [-0.39, 0.29) is 11.9 Å². The van der Waals surface area contributed by atoms with Crippen LogP contribution in [0.2, 0.25) is 0 Å². The predicted octanol–water partition coefficient (Wildman–Crippen LogP) is 1.80. The van der Waals surface area contributed by atoms with Gasteiger partial charge in [-0.15, -0.1) is 0 Å². The lowest BCUT2D eigenvalue weighted by molar-refractivity contribution is 1.04. The largest absolute Gasteiger partial charge is 0.368 e. The van der Waals surface area contributed by atoms with Crippen LogP contribution in [-0.2, 0) is 0 Å². The molecular weight excluding hydrogens is 202 g/mol. The Hall–Kier alpha value is -1.91. The molecule has 1 aromatic rings. The van der Waals surface area contributed by atoms with E-state index in [4.69, 9.17) is 11.5 Å². The summed E-state index contributed by atoms with van der Waals surface area (Å²) in [7, 11) is 0. The minimum Gasteiger partial charge on any atom is -0.368 e. The molecule has 86 valence electrons. The first kappa shape index (κ1) is 12.2. The minimum absolute atomic E-state index is 0.142. The van der Waals surface area contributed by atoms with Crippen molar-refractivity contribution >= 4 is 17.5 Å². The van der Waals surface area contributed by atoms with Crippen molar-refractivity contribution in [1.82, 2.24) is 15.0 Å². The van der Waals surface area contributed by atoms with Crippen LogP contribution in [0, 0.1) is 0 Å². The van der Waals surface area contributed by atoms with Crippen molar-refractivity contribution in [3.05, 3.63) is 23.0 Å². The molecule has 0 saturated carbocycles. The Morgan fingerprint density at radius 2 is 1.44 bits per heavy atom. The number of hydrogen-bond acceptors (Lipinski definition) is 5. The second kappa shape index (κ2) is 4.74. The van der Waals surface area contributed by atoms with E-state index < -0.39 is 0 Å². The number of nitrogen functional groups attached to an aromatic ring is 2. The van der Waals surface area contributed by atoms with Gasteiger partial charge in [-0.2, -0.15) is 15.0 Å². The summed E-state index contributed by atoms with van der Waals surface area (Å²) in [6.07, 6.45) is 2.00. The molecule has 0 amide bonds. The highest BCUT2D eigenvalue weighted by Gasteiger charge is 2.07. The number of aromatic nitrogens is 3. The molecule has 1 heterocycles. The molecule has 0 radical (unpaired) electrons. The SMILES string of the molecule is CC(C)=CC(=C(C)C)c1nc(N)nc(N)n1. The van der Waals surface area contributed by atoms with Crippen LogP contribution in [0.4, 0.5) is 11.9 Å². The molecule has 1 aromatic heterocycles. The highest BCUT2D eigenvalue weighted by molar-refractivity contribution is 5.73. The zero-order chi connectivity index (χ0) is 12.3. The third kappa shape index (κ3) is 3.05. The number of allylic oxidation sites excluding steroid dienone is 4. The molecular formula is C11H17N5. The molecule has 0 bridgehead atoms. The van der Waals surface area contributed by atoms with Gasteiger partial charge in [-0.05, 0) is 27.7 Å². The number of hydrogen-bond donors (Lipinski definition) is 2. The number of nitrogens with two attached hydrogens (primary N) is 2. The first-order chi connectivity index (χ1) is 7.40. The van der Waals surface area contributed by atoms with Crippen molar-refractivity contribution in [3.63, 3.8) is 0 Å². The minimum atomic E-state index is 0.142. The zero-order valence-corrected chi connectivity index (χ0v) is 10.1. The second-order valence-electron chi connectivity index (χ2n) is 4.01. The topological polar surface area (TPSA) is 90.7 Å². The maximum atomic E-state index is 5.54.